The molecule has 1 aromatic rings. The highest BCUT2D eigenvalue weighted by molar-refractivity contribution is 5.35. The number of hydrogen-bond donors (Lipinski definition) is 1. The van der Waals surface area contributed by atoms with Crippen LogP contribution >= 0.6 is 0 Å². The zero-order chi connectivity index (χ0) is 13.7. The Morgan fingerprint density at radius 3 is 2.79 bits per heavy atom. The van der Waals surface area contributed by atoms with Crippen molar-refractivity contribution in [2.45, 2.75) is 32.7 Å². The molecule has 0 amide bonds. The number of anilines is 1. The summed E-state index contributed by atoms with van der Waals surface area (Å²) >= 11 is 0. The van der Waals surface area contributed by atoms with Crippen molar-refractivity contribution >= 4 is 5.95 Å². The summed E-state index contributed by atoms with van der Waals surface area (Å²) in [6.07, 6.45) is 2.42. The maximum atomic E-state index is 5.05. The third-order valence-electron chi connectivity index (χ3n) is 3.47. The molecular formula is C14H24N4O. The van der Waals surface area contributed by atoms with Gasteiger partial charge in [0.25, 0.3) is 0 Å². The van der Waals surface area contributed by atoms with E-state index < -0.39 is 0 Å². The number of methoxy groups -OCH3 is 1. The first-order valence-corrected chi connectivity index (χ1v) is 6.99. The topological polar surface area (TPSA) is 50.3 Å². The van der Waals surface area contributed by atoms with Crippen LogP contribution in [0.2, 0.25) is 0 Å². The van der Waals surface area contributed by atoms with Crippen molar-refractivity contribution in [3.63, 3.8) is 0 Å². The number of ether oxygens (including phenoxy) is 1. The van der Waals surface area contributed by atoms with Crippen LogP contribution < -0.4 is 10.2 Å². The first-order valence-electron chi connectivity index (χ1n) is 6.99. The predicted octanol–water partition coefficient (Wildman–Crippen LogP) is 1.30. The molecule has 1 aliphatic rings. The second-order valence-corrected chi connectivity index (χ2v) is 5.14. The quantitative estimate of drug-likeness (QED) is 0.785. The fourth-order valence-electron chi connectivity index (χ4n) is 2.59. The molecule has 1 saturated heterocycles. The van der Waals surface area contributed by atoms with Gasteiger partial charge in [-0.3, -0.25) is 0 Å². The first kappa shape index (κ1) is 14.2. The minimum absolute atomic E-state index is 0.498. The lowest BCUT2D eigenvalue weighted by Crippen LogP contribution is -2.39. The van der Waals surface area contributed by atoms with Crippen LogP contribution in [-0.2, 0) is 4.74 Å². The molecule has 2 heterocycles. The van der Waals surface area contributed by atoms with Crippen molar-refractivity contribution in [1.29, 1.82) is 0 Å². The molecule has 1 N–H and O–H groups in total. The molecule has 1 aromatic heterocycles. The van der Waals surface area contributed by atoms with E-state index in [1.807, 2.05) is 19.9 Å². The standard InChI is InChI=1S/C14H24N4O/c1-11-9-12(2)17-14(16-11)18-7-4-5-13(18)10-15-6-8-19-3/h9,13,15H,4-8,10H2,1-3H3. The van der Waals surface area contributed by atoms with Gasteiger partial charge in [-0.2, -0.15) is 0 Å². The number of aromatic nitrogens is 2. The molecule has 106 valence electrons. The minimum atomic E-state index is 0.498. The van der Waals surface area contributed by atoms with Crippen LogP contribution in [0.25, 0.3) is 0 Å². The highest BCUT2D eigenvalue weighted by Crippen LogP contribution is 2.22. The zero-order valence-electron chi connectivity index (χ0n) is 12.1. The molecule has 0 bridgehead atoms. The normalized spacial score (nSPS) is 19.1. The smallest absolute Gasteiger partial charge is 0.226 e. The van der Waals surface area contributed by atoms with Crippen molar-refractivity contribution in [1.82, 2.24) is 15.3 Å². The highest BCUT2D eigenvalue weighted by atomic mass is 16.5. The summed E-state index contributed by atoms with van der Waals surface area (Å²) in [5.41, 5.74) is 2.08. The van der Waals surface area contributed by atoms with Crippen LogP contribution in [-0.4, -0.2) is 49.4 Å². The van der Waals surface area contributed by atoms with Crippen LogP contribution in [0.1, 0.15) is 24.2 Å². The molecule has 1 aliphatic heterocycles. The first-order chi connectivity index (χ1) is 9.20. The Morgan fingerprint density at radius 1 is 1.37 bits per heavy atom. The van der Waals surface area contributed by atoms with Gasteiger partial charge in [-0.25, -0.2) is 9.97 Å². The summed E-state index contributed by atoms with van der Waals surface area (Å²) in [5.74, 6) is 0.883. The Balaban J connectivity index is 1.97. The van der Waals surface area contributed by atoms with Crippen molar-refractivity contribution in [2.75, 3.05) is 38.3 Å². The predicted molar refractivity (Wildman–Crippen MR) is 76.6 cm³/mol. The maximum absolute atomic E-state index is 5.05. The molecule has 1 fully saturated rings. The van der Waals surface area contributed by atoms with E-state index in [1.54, 1.807) is 7.11 Å². The summed E-state index contributed by atoms with van der Waals surface area (Å²) in [4.78, 5) is 11.5. The van der Waals surface area contributed by atoms with Gasteiger partial charge in [0.1, 0.15) is 0 Å². The molecule has 0 aromatic carbocycles. The Labute approximate surface area is 115 Å². The third kappa shape index (κ3) is 3.88. The van der Waals surface area contributed by atoms with Crippen molar-refractivity contribution in [3.05, 3.63) is 17.5 Å². The molecule has 2 rings (SSSR count). The fourth-order valence-corrected chi connectivity index (χ4v) is 2.59. The monoisotopic (exact) mass is 264 g/mol. The number of nitrogens with zero attached hydrogens (tertiary/aromatic N) is 3. The van der Waals surface area contributed by atoms with Gasteiger partial charge in [0.2, 0.25) is 5.95 Å². The summed E-state index contributed by atoms with van der Waals surface area (Å²) in [5, 5.41) is 3.43. The number of nitrogens with one attached hydrogen (secondary N) is 1. The van der Waals surface area contributed by atoms with E-state index in [2.05, 4.69) is 20.2 Å². The highest BCUT2D eigenvalue weighted by Gasteiger charge is 2.26. The largest absolute Gasteiger partial charge is 0.383 e. The van der Waals surface area contributed by atoms with E-state index in [9.17, 15) is 0 Å². The minimum Gasteiger partial charge on any atom is -0.383 e. The van der Waals surface area contributed by atoms with E-state index in [1.165, 1.54) is 12.8 Å². The molecular weight excluding hydrogens is 240 g/mol. The Kier molecular flexibility index (Phi) is 5.10. The average Bonchev–Trinajstić information content (AvgIpc) is 2.82. The average molecular weight is 264 g/mol. The Bertz CT molecular complexity index is 390. The van der Waals surface area contributed by atoms with E-state index in [0.717, 1.165) is 43.6 Å². The van der Waals surface area contributed by atoms with Gasteiger partial charge >= 0.3 is 0 Å². The third-order valence-corrected chi connectivity index (χ3v) is 3.47. The molecule has 0 spiro atoms. The molecule has 1 atom stereocenters. The van der Waals surface area contributed by atoms with Crippen molar-refractivity contribution in [2.24, 2.45) is 0 Å². The maximum Gasteiger partial charge on any atom is 0.226 e. The van der Waals surface area contributed by atoms with E-state index in [4.69, 9.17) is 4.74 Å². The molecule has 5 nitrogen and oxygen atoms in total. The molecule has 0 radical (unpaired) electrons. The van der Waals surface area contributed by atoms with Crippen molar-refractivity contribution < 1.29 is 4.74 Å². The lowest BCUT2D eigenvalue weighted by Gasteiger charge is -2.25. The van der Waals surface area contributed by atoms with Gasteiger partial charge in [-0.1, -0.05) is 0 Å². The summed E-state index contributed by atoms with van der Waals surface area (Å²) < 4.78 is 5.05. The van der Waals surface area contributed by atoms with Crippen LogP contribution in [0.4, 0.5) is 5.95 Å². The summed E-state index contributed by atoms with van der Waals surface area (Å²) in [6.45, 7) is 7.74. The van der Waals surface area contributed by atoms with Crippen LogP contribution in [0.15, 0.2) is 6.07 Å². The molecule has 5 heteroatoms. The molecule has 19 heavy (non-hydrogen) atoms. The van der Waals surface area contributed by atoms with E-state index in [-0.39, 0.29) is 0 Å². The van der Waals surface area contributed by atoms with Gasteiger partial charge in [-0.05, 0) is 32.8 Å². The van der Waals surface area contributed by atoms with Gasteiger partial charge in [-0.15, -0.1) is 0 Å². The van der Waals surface area contributed by atoms with Crippen LogP contribution in [0.5, 0.6) is 0 Å². The lowest BCUT2D eigenvalue weighted by molar-refractivity contribution is 0.199. The van der Waals surface area contributed by atoms with Crippen LogP contribution in [0.3, 0.4) is 0 Å². The van der Waals surface area contributed by atoms with Gasteiger partial charge in [0.05, 0.1) is 6.61 Å². The number of hydrogen-bond acceptors (Lipinski definition) is 5. The SMILES string of the molecule is COCCNCC1CCCN1c1nc(C)cc(C)n1. The lowest BCUT2D eigenvalue weighted by atomic mass is 10.2. The zero-order valence-corrected chi connectivity index (χ0v) is 12.1. The molecule has 0 aliphatic carbocycles. The van der Waals surface area contributed by atoms with E-state index in [0.29, 0.717) is 6.04 Å². The van der Waals surface area contributed by atoms with Crippen LogP contribution in [0, 0.1) is 13.8 Å². The van der Waals surface area contributed by atoms with Gasteiger partial charge in [0.15, 0.2) is 0 Å². The number of rotatable bonds is 6. The summed E-state index contributed by atoms with van der Waals surface area (Å²) in [7, 11) is 1.73. The Morgan fingerprint density at radius 2 is 2.11 bits per heavy atom. The van der Waals surface area contributed by atoms with Gasteiger partial charge < -0.3 is 15.0 Å². The van der Waals surface area contributed by atoms with Crippen molar-refractivity contribution in [3.8, 4) is 0 Å². The Hall–Kier alpha value is -1.20. The second kappa shape index (κ2) is 6.82. The van der Waals surface area contributed by atoms with Gasteiger partial charge in [0, 0.05) is 44.2 Å². The molecule has 0 saturated carbocycles. The molecule has 1 unspecified atom stereocenters. The summed E-state index contributed by atoms with van der Waals surface area (Å²) in [6, 6.07) is 2.52. The van der Waals surface area contributed by atoms with E-state index >= 15 is 0 Å². The number of aryl methyl sites for hydroxylation is 2. The second-order valence-electron chi connectivity index (χ2n) is 5.14. The fraction of sp³-hybridized carbons (Fsp3) is 0.714.